The molecule has 138 valence electrons. The molecule has 0 radical (unpaired) electrons. The second-order valence-electron chi connectivity index (χ2n) is 4.53. The van der Waals surface area contributed by atoms with E-state index in [9.17, 15) is 48.5 Å². The van der Waals surface area contributed by atoms with E-state index in [1.807, 2.05) is 0 Å². The maximum absolute atomic E-state index is 13.2. The van der Waals surface area contributed by atoms with Gasteiger partial charge in [0.25, 0.3) is 5.34 Å². The maximum atomic E-state index is 13.2. The molecule has 1 atom stereocenters. The molecular weight excluding hydrogens is 379 g/mol. The number of ether oxygens (including phenoxy) is 1. The van der Waals surface area contributed by atoms with E-state index in [1.165, 1.54) is 0 Å². The summed E-state index contributed by atoms with van der Waals surface area (Å²) in [5.41, 5.74) is 0. The van der Waals surface area contributed by atoms with Gasteiger partial charge in [-0.2, -0.15) is 48.8 Å². The van der Waals surface area contributed by atoms with Crippen molar-refractivity contribution in [3.63, 3.8) is 0 Å². The summed E-state index contributed by atoms with van der Waals surface area (Å²) in [6.45, 7) is -1.38. The summed E-state index contributed by atoms with van der Waals surface area (Å²) < 4.78 is 140. The fraction of sp³-hybridized carbons (Fsp3) is 1.00. The van der Waals surface area contributed by atoms with Crippen molar-refractivity contribution in [3.05, 3.63) is 0 Å². The van der Waals surface area contributed by atoms with Crippen LogP contribution in [0.3, 0.4) is 0 Å². The molecule has 0 aliphatic heterocycles. The minimum Gasteiger partial charge on any atom is -0.324 e. The van der Waals surface area contributed by atoms with Gasteiger partial charge in [0.15, 0.2) is 0 Å². The molecule has 0 rings (SSSR count). The molecule has 0 heterocycles. The van der Waals surface area contributed by atoms with Crippen LogP contribution < -0.4 is 0 Å². The molecule has 0 aliphatic carbocycles. The van der Waals surface area contributed by atoms with E-state index in [4.69, 9.17) is 4.89 Å². The van der Waals surface area contributed by atoms with Crippen molar-refractivity contribution in [3.8, 4) is 0 Å². The molecule has 0 aromatic heterocycles. The molecule has 0 aromatic carbocycles. The van der Waals surface area contributed by atoms with E-state index < -0.39 is 49.4 Å². The standard InChI is InChI=1S/C8H8F10NO3P/c1-4(2,23(20)21)22-3-5(9,10)6(11,12)19(7(13,14)15)8(16,17)18/h3H2,1-2H3/p+1. The van der Waals surface area contributed by atoms with Gasteiger partial charge >= 0.3 is 32.6 Å². The molecule has 23 heavy (non-hydrogen) atoms. The molecular formula is C8H9F10NO3P+. The Morgan fingerprint density at radius 3 is 1.52 bits per heavy atom. The molecule has 15 heteroatoms. The first-order chi connectivity index (χ1) is 9.77. The van der Waals surface area contributed by atoms with Gasteiger partial charge in [-0.1, -0.05) is 4.90 Å². The van der Waals surface area contributed by atoms with Crippen molar-refractivity contribution < 1.29 is 58.1 Å². The van der Waals surface area contributed by atoms with Crippen LogP contribution in [0.1, 0.15) is 13.8 Å². The number of nitrogens with zero attached hydrogens (tertiary/aromatic N) is 1. The first-order valence-electron chi connectivity index (χ1n) is 5.26. The molecule has 0 aromatic rings. The van der Waals surface area contributed by atoms with Gasteiger partial charge in [-0.3, -0.25) is 0 Å². The Bertz CT molecular complexity index is 432. The Hall–Kier alpha value is -0.720. The van der Waals surface area contributed by atoms with Crippen molar-refractivity contribution in [1.82, 2.24) is 4.90 Å². The third-order valence-corrected chi connectivity index (χ3v) is 3.35. The van der Waals surface area contributed by atoms with E-state index in [-0.39, 0.29) is 0 Å². The predicted molar refractivity (Wildman–Crippen MR) is 53.7 cm³/mol. The molecule has 0 saturated heterocycles. The fourth-order valence-electron chi connectivity index (χ4n) is 1.04. The summed E-state index contributed by atoms with van der Waals surface area (Å²) in [6.07, 6.45) is -13.7. The summed E-state index contributed by atoms with van der Waals surface area (Å²) in [6, 6.07) is -6.76. The van der Waals surface area contributed by atoms with E-state index >= 15 is 0 Å². The van der Waals surface area contributed by atoms with Gasteiger partial charge in [-0.25, -0.2) is 0 Å². The smallest absolute Gasteiger partial charge is 0.324 e. The zero-order chi connectivity index (χ0) is 19.1. The van der Waals surface area contributed by atoms with Crippen molar-refractivity contribution in [2.24, 2.45) is 0 Å². The van der Waals surface area contributed by atoms with Gasteiger partial charge in [0, 0.05) is 13.8 Å². The average Bonchev–Trinajstić information content (AvgIpc) is 2.21. The second kappa shape index (κ2) is 6.30. The molecule has 4 nitrogen and oxygen atoms in total. The number of alkyl halides is 10. The molecule has 0 bridgehead atoms. The highest BCUT2D eigenvalue weighted by Crippen LogP contribution is 2.49. The first-order valence-corrected chi connectivity index (χ1v) is 6.48. The highest BCUT2D eigenvalue weighted by molar-refractivity contribution is 7.39. The summed E-state index contributed by atoms with van der Waals surface area (Å²) in [7, 11) is -3.40. The maximum Gasteiger partial charge on any atom is 0.540 e. The van der Waals surface area contributed by atoms with Crippen LogP contribution in [-0.2, 0) is 9.30 Å². The van der Waals surface area contributed by atoms with Crippen LogP contribution in [0.15, 0.2) is 0 Å². The van der Waals surface area contributed by atoms with Crippen molar-refractivity contribution >= 4 is 8.03 Å². The summed E-state index contributed by atoms with van der Waals surface area (Å²) in [4.78, 5) is 5.06. The van der Waals surface area contributed by atoms with Crippen LogP contribution in [0.4, 0.5) is 43.9 Å². The lowest BCUT2D eigenvalue weighted by Crippen LogP contribution is -2.65. The monoisotopic (exact) mass is 388 g/mol. The van der Waals surface area contributed by atoms with E-state index in [0.717, 1.165) is 0 Å². The SMILES string of the molecule is CC(C)(OCC(F)(F)C(F)(F)N(C(F)(F)F)C(F)(F)F)[P+](=O)O. The quantitative estimate of drug-likeness (QED) is 0.424. The topological polar surface area (TPSA) is 49.8 Å². The van der Waals surface area contributed by atoms with Gasteiger partial charge in [0.05, 0.1) is 0 Å². The summed E-state index contributed by atoms with van der Waals surface area (Å²) >= 11 is 0. The Morgan fingerprint density at radius 1 is 0.913 bits per heavy atom. The highest BCUT2D eigenvalue weighted by Gasteiger charge is 2.75. The minimum absolute atomic E-state index is 0.644. The van der Waals surface area contributed by atoms with Gasteiger partial charge in [0.2, 0.25) is 0 Å². The molecule has 1 unspecified atom stereocenters. The highest BCUT2D eigenvalue weighted by atomic mass is 31.1. The third-order valence-electron chi connectivity index (χ3n) is 2.30. The van der Waals surface area contributed by atoms with E-state index in [1.54, 1.807) is 0 Å². The minimum atomic E-state index is -6.87. The molecule has 1 N–H and O–H groups in total. The zero-order valence-electron chi connectivity index (χ0n) is 11.1. The second-order valence-corrected chi connectivity index (χ2v) is 6.15. The number of rotatable bonds is 6. The van der Waals surface area contributed by atoms with Gasteiger partial charge in [-0.05, 0) is 4.57 Å². The lowest BCUT2D eigenvalue weighted by Gasteiger charge is -2.37. The predicted octanol–water partition coefficient (Wildman–Crippen LogP) is 4.04. The number of hydrogen-bond acceptors (Lipinski definition) is 3. The van der Waals surface area contributed by atoms with Crippen molar-refractivity contribution in [1.29, 1.82) is 0 Å². The average molecular weight is 388 g/mol. The van der Waals surface area contributed by atoms with E-state index in [0.29, 0.717) is 13.8 Å². The molecule has 0 fully saturated rings. The summed E-state index contributed by atoms with van der Waals surface area (Å²) in [5.74, 6) is -5.99. The van der Waals surface area contributed by atoms with Crippen LogP contribution in [0, 0.1) is 0 Å². The number of halogens is 10. The molecule has 0 amide bonds. The summed E-state index contributed by atoms with van der Waals surface area (Å²) in [5, 5.41) is -2.41. The van der Waals surface area contributed by atoms with Crippen molar-refractivity contribution in [2.75, 3.05) is 6.61 Å². The Labute approximate surface area is 122 Å². The zero-order valence-corrected chi connectivity index (χ0v) is 12.0. The van der Waals surface area contributed by atoms with Gasteiger partial charge in [-0.15, -0.1) is 0 Å². The van der Waals surface area contributed by atoms with Crippen LogP contribution in [0.2, 0.25) is 0 Å². The first kappa shape index (κ1) is 22.3. The van der Waals surface area contributed by atoms with Crippen LogP contribution in [0.25, 0.3) is 0 Å². The van der Waals surface area contributed by atoms with Crippen LogP contribution >= 0.6 is 8.03 Å². The Balaban J connectivity index is 5.63. The Kier molecular flexibility index (Phi) is 6.10. The molecule has 0 aliphatic rings. The lowest BCUT2D eigenvalue weighted by molar-refractivity contribution is -0.471. The normalized spacial score (nSPS) is 16.0. The molecule has 0 saturated carbocycles. The number of hydrogen-bond donors (Lipinski definition) is 1. The van der Waals surface area contributed by atoms with Crippen molar-refractivity contribution in [2.45, 2.75) is 43.8 Å². The largest absolute Gasteiger partial charge is 0.540 e. The van der Waals surface area contributed by atoms with Crippen LogP contribution in [-0.4, -0.2) is 46.3 Å². The van der Waals surface area contributed by atoms with Gasteiger partial charge in [0.1, 0.15) is 6.61 Å². The molecule has 0 spiro atoms. The van der Waals surface area contributed by atoms with Crippen LogP contribution in [0.5, 0.6) is 0 Å². The Morgan fingerprint density at radius 2 is 1.26 bits per heavy atom. The third kappa shape index (κ3) is 5.13. The fourth-order valence-corrected chi connectivity index (χ4v) is 1.21. The van der Waals surface area contributed by atoms with Gasteiger partial charge < -0.3 is 4.74 Å². The lowest BCUT2D eigenvalue weighted by atomic mass is 10.2. The van der Waals surface area contributed by atoms with E-state index in [2.05, 4.69) is 4.74 Å².